The molecule has 4 rings (SSSR count). The van der Waals surface area contributed by atoms with E-state index in [9.17, 15) is 14.7 Å². The Kier molecular flexibility index (Phi) is 7.02. The van der Waals surface area contributed by atoms with Gasteiger partial charge in [-0.15, -0.1) is 0 Å². The van der Waals surface area contributed by atoms with Crippen molar-refractivity contribution in [2.24, 2.45) is 10.2 Å². The second-order valence-corrected chi connectivity index (χ2v) is 7.56. The maximum atomic E-state index is 13.6. The van der Waals surface area contributed by atoms with Crippen molar-refractivity contribution in [1.29, 1.82) is 0 Å². The number of hydrogen-bond donors (Lipinski definition) is 1. The molecule has 0 aliphatic rings. The van der Waals surface area contributed by atoms with Crippen LogP contribution in [-0.2, 0) is 4.74 Å². The van der Waals surface area contributed by atoms with Crippen molar-refractivity contribution in [2.75, 3.05) is 7.11 Å². The number of ether oxygens (including phenoxy) is 1. The first-order valence-electron chi connectivity index (χ1n) is 11.0. The standard InChI is InChI=1S/C27H24N4O4/c1-3-19(18-28-29-21-16-14-20(15-17-21)27(34)35-2)24-25(32)30(22-10-6-4-7-11-22)31(26(24)33)23-12-8-5-9-13-23/h4-18,32H,3H2,1-2H3/b19-18-,29-28?. The third-order valence-electron chi connectivity index (χ3n) is 5.41. The Bertz CT molecular complexity index is 1430. The predicted molar refractivity (Wildman–Crippen MR) is 134 cm³/mol. The molecule has 0 saturated heterocycles. The number of allylic oxidation sites excluding steroid dienone is 1. The average Bonchev–Trinajstić information content (AvgIpc) is 3.17. The van der Waals surface area contributed by atoms with Crippen LogP contribution in [0.2, 0.25) is 0 Å². The van der Waals surface area contributed by atoms with Crippen molar-refractivity contribution in [2.45, 2.75) is 13.3 Å². The minimum atomic E-state index is -0.435. The first-order chi connectivity index (χ1) is 17.0. The van der Waals surface area contributed by atoms with Gasteiger partial charge in [0.15, 0.2) is 0 Å². The largest absolute Gasteiger partial charge is 0.493 e. The number of methoxy groups -OCH3 is 1. The summed E-state index contributed by atoms with van der Waals surface area (Å²) in [5.41, 5.74) is 2.50. The maximum Gasteiger partial charge on any atom is 0.337 e. The van der Waals surface area contributed by atoms with Gasteiger partial charge in [-0.2, -0.15) is 10.2 Å². The second-order valence-electron chi connectivity index (χ2n) is 7.56. The highest BCUT2D eigenvalue weighted by atomic mass is 16.5. The molecule has 1 heterocycles. The average molecular weight is 469 g/mol. The lowest BCUT2D eigenvalue weighted by Gasteiger charge is -2.12. The zero-order valence-corrected chi connectivity index (χ0v) is 19.3. The Morgan fingerprint density at radius 1 is 0.914 bits per heavy atom. The molecule has 0 aliphatic heterocycles. The van der Waals surface area contributed by atoms with Crippen LogP contribution >= 0.6 is 0 Å². The fourth-order valence-corrected chi connectivity index (χ4v) is 3.66. The molecule has 0 fully saturated rings. The molecular weight excluding hydrogens is 444 g/mol. The van der Waals surface area contributed by atoms with E-state index in [-0.39, 0.29) is 17.0 Å². The van der Waals surface area contributed by atoms with Crippen LogP contribution in [0, 0.1) is 0 Å². The number of aromatic hydroxyl groups is 1. The Hall–Kier alpha value is -4.72. The number of azo groups is 1. The van der Waals surface area contributed by atoms with E-state index in [1.165, 1.54) is 22.7 Å². The predicted octanol–water partition coefficient (Wildman–Crippen LogP) is 5.66. The molecular formula is C27H24N4O4. The number of nitrogens with zero attached hydrogens (tertiary/aromatic N) is 4. The molecule has 0 radical (unpaired) electrons. The highest BCUT2D eigenvalue weighted by molar-refractivity contribution is 5.89. The monoisotopic (exact) mass is 468 g/mol. The molecule has 0 spiro atoms. The van der Waals surface area contributed by atoms with Gasteiger partial charge in [0.2, 0.25) is 5.88 Å². The Labute approximate surface area is 202 Å². The molecule has 1 aromatic heterocycles. The van der Waals surface area contributed by atoms with Crippen LogP contribution < -0.4 is 5.56 Å². The number of para-hydroxylation sites is 2. The van der Waals surface area contributed by atoms with Gasteiger partial charge < -0.3 is 9.84 Å². The molecule has 0 aliphatic carbocycles. The molecule has 0 saturated carbocycles. The summed E-state index contributed by atoms with van der Waals surface area (Å²) in [4.78, 5) is 25.2. The first kappa shape index (κ1) is 23.4. The summed E-state index contributed by atoms with van der Waals surface area (Å²) in [6.07, 6.45) is 1.91. The number of rotatable bonds is 7. The Morgan fingerprint density at radius 2 is 1.49 bits per heavy atom. The van der Waals surface area contributed by atoms with Crippen LogP contribution in [0.4, 0.5) is 5.69 Å². The second kappa shape index (κ2) is 10.5. The van der Waals surface area contributed by atoms with Gasteiger partial charge in [0.25, 0.3) is 5.56 Å². The van der Waals surface area contributed by atoms with Crippen molar-refractivity contribution in [3.8, 4) is 17.3 Å². The lowest BCUT2D eigenvalue weighted by molar-refractivity contribution is 0.0600. The SMILES string of the molecule is CC/C(=C/N=Nc1ccc(C(=O)OC)cc1)c1c(O)n(-c2ccccc2)n(-c2ccccc2)c1=O. The molecule has 4 aromatic rings. The summed E-state index contributed by atoms with van der Waals surface area (Å²) in [7, 11) is 1.32. The van der Waals surface area contributed by atoms with Gasteiger partial charge in [0.05, 0.1) is 35.9 Å². The van der Waals surface area contributed by atoms with E-state index in [1.54, 1.807) is 36.4 Å². The van der Waals surface area contributed by atoms with Gasteiger partial charge in [-0.05, 0) is 60.5 Å². The van der Waals surface area contributed by atoms with E-state index in [4.69, 9.17) is 4.74 Å². The molecule has 176 valence electrons. The van der Waals surface area contributed by atoms with Crippen LogP contribution in [-0.4, -0.2) is 27.5 Å². The van der Waals surface area contributed by atoms with E-state index in [0.717, 1.165) is 0 Å². The van der Waals surface area contributed by atoms with Gasteiger partial charge in [-0.25, -0.2) is 14.2 Å². The van der Waals surface area contributed by atoms with Gasteiger partial charge in [-0.1, -0.05) is 43.3 Å². The molecule has 8 heteroatoms. The maximum absolute atomic E-state index is 13.6. The number of carbonyl (C=O) groups is 1. The summed E-state index contributed by atoms with van der Waals surface area (Å²) < 4.78 is 7.61. The lowest BCUT2D eigenvalue weighted by atomic mass is 10.1. The molecule has 0 unspecified atom stereocenters. The molecule has 8 nitrogen and oxygen atoms in total. The van der Waals surface area contributed by atoms with Gasteiger partial charge >= 0.3 is 5.97 Å². The number of benzene rings is 3. The van der Waals surface area contributed by atoms with E-state index in [1.807, 2.05) is 55.5 Å². The molecule has 1 N–H and O–H groups in total. The normalized spacial score (nSPS) is 11.7. The highest BCUT2D eigenvalue weighted by Gasteiger charge is 2.24. The smallest absolute Gasteiger partial charge is 0.337 e. The van der Waals surface area contributed by atoms with Gasteiger partial charge in [0, 0.05) is 0 Å². The zero-order chi connectivity index (χ0) is 24.8. The minimum Gasteiger partial charge on any atom is -0.493 e. The summed E-state index contributed by atoms with van der Waals surface area (Å²) in [5, 5.41) is 19.5. The Balaban J connectivity index is 1.77. The number of aromatic nitrogens is 2. The Morgan fingerprint density at radius 3 is 2.03 bits per heavy atom. The molecule has 0 atom stereocenters. The summed E-state index contributed by atoms with van der Waals surface area (Å²) in [6.45, 7) is 1.87. The molecule has 3 aromatic carbocycles. The van der Waals surface area contributed by atoms with Crippen LogP contribution in [0.3, 0.4) is 0 Å². The van der Waals surface area contributed by atoms with Crippen molar-refractivity contribution >= 4 is 17.2 Å². The van der Waals surface area contributed by atoms with Crippen molar-refractivity contribution in [3.63, 3.8) is 0 Å². The summed E-state index contributed by atoms with van der Waals surface area (Å²) in [5.74, 6) is -0.620. The number of carbonyl (C=O) groups excluding carboxylic acids is 1. The minimum absolute atomic E-state index is 0.153. The first-order valence-corrected chi connectivity index (χ1v) is 11.0. The van der Waals surface area contributed by atoms with Crippen molar-refractivity contribution in [3.05, 3.63) is 113 Å². The van der Waals surface area contributed by atoms with Crippen molar-refractivity contribution in [1.82, 2.24) is 9.36 Å². The topological polar surface area (TPSA) is 98.2 Å². The molecule has 0 bridgehead atoms. The van der Waals surface area contributed by atoms with Gasteiger partial charge in [0.1, 0.15) is 5.56 Å². The third kappa shape index (κ3) is 4.81. The van der Waals surface area contributed by atoms with Crippen LogP contribution in [0.1, 0.15) is 29.3 Å². The lowest BCUT2D eigenvalue weighted by Crippen LogP contribution is -2.21. The van der Waals surface area contributed by atoms with E-state index < -0.39 is 5.97 Å². The zero-order valence-electron chi connectivity index (χ0n) is 19.3. The van der Waals surface area contributed by atoms with Crippen LogP contribution in [0.15, 0.2) is 106 Å². The molecule has 35 heavy (non-hydrogen) atoms. The molecule has 0 amide bonds. The van der Waals surface area contributed by atoms with Crippen LogP contribution in [0.25, 0.3) is 16.9 Å². The van der Waals surface area contributed by atoms with E-state index in [0.29, 0.717) is 34.6 Å². The quantitative estimate of drug-likeness (QED) is 0.280. The summed E-state index contributed by atoms with van der Waals surface area (Å²) in [6, 6.07) is 24.8. The van der Waals surface area contributed by atoms with Gasteiger partial charge in [-0.3, -0.25) is 4.79 Å². The fraction of sp³-hybridized carbons (Fsp3) is 0.111. The highest BCUT2D eigenvalue weighted by Crippen LogP contribution is 2.29. The van der Waals surface area contributed by atoms with Crippen LogP contribution in [0.5, 0.6) is 5.88 Å². The van der Waals surface area contributed by atoms with Crippen molar-refractivity contribution < 1.29 is 14.6 Å². The fourth-order valence-electron chi connectivity index (χ4n) is 3.66. The number of hydrogen-bond acceptors (Lipinski definition) is 6. The number of esters is 1. The van der Waals surface area contributed by atoms with E-state index in [2.05, 4.69) is 10.2 Å². The summed E-state index contributed by atoms with van der Waals surface area (Å²) >= 11 is 0. The third-order valence-corrected chi connectivity index (χ3v) is 5.41. The van der Waals surface area contributed by atoms with E-state index >= 15 is 0 Å².